The Hall–Kier alpha value is -2.50. The molecule has 0 saturated carbocycles. The van der Waals surface area contributed by atoms with Crippen molar-refractivity contribution < 1.29 is 4.79 Å². The summed E-state index contributed by atoms with van der Waals surface area (Å²) < 4.78 is 0. The number of amides is 1. The lowest BCUT2D eigenvalue weighted by Gasteiger charge is -2.06. The van der Waals surface area contributed by atoms with Gasteiger partial charge in [0.2, 0.25) is 0 Å². The molecule has 114 valence electrons. The first kappa shape index (κ1) is 15.4. The second-order valence-electron chi connectivity index (χ2n) is 4.59. The summed E-state index contributed by atoms with van der Waals surface area (Å²) in [6.45, 7) is 0. The second-order valence-corrected chi connectivity index (χ2v) is 5.40. The first-order valence-corrected chi connectivity index (χ1v) is 7.39. The van der Waals surface area contributed by atoms with Gasteiger partial charge in [0.05, 0.1) is 15.7 Å². The Morgan fingerprint density at radius 1 is 0.957 bits per heavy atom. The van der Waals surface area contributed by atoms with Crippen LogP contribution in [0.15, 0.2) is 55.0 Å². The van der Waals surface area contributed by atoms with Crippen LogP contribution in [0.2, 0.25) is 10.0 Å². The van der Waals surface area contributed by atoms with E-state index in [4.69, 9.17) is 23.2 Å². The Bertz CT molecular complexity index is 856. The average Bonchev–Trinajstić information content (AvgIpc) is 2.58. The Kier molecular flexibility index (Phi) is 4.50. The number of hydrogen-bond acceptors (Lipinski definition) is 4. The fourth-order valence-electron chi connectivity index (χ4n) is 1.91. The van der Waals surface area contributed by atoms with Gasteiger partial charge in [0.25, 0.3) is 5.91 Å². The number of aromatic nitrogens is 3. The molecule has 0 aliphatic carbocycles. The minimum absolute atomic E-state index is 0.228. The van der Waals surface area contributed by atoms with Crippen LogP contribution in [0.4, 0.5) is 5.82 Å². The molecule has 0 saturated heterocycles. The predicted octanol–water partition coefficient (Wildman–Crippen LogP) is 4.10. The van der Waals surface area contributed by atoms with Crippen LogP contribution >= 0.6 is 23.2 Å². The van der Waals surface area contributed by atoms with Gasteiger partial charge in [0.1, 0.15) is 17.8 Å². The minimum atomic E-state index is -0.368. The quantitative estimate of drug-likeness (QED) is 0.776. The Labute approximate surface area is 142 Å². The molecule has 2 aromatic heterocycles. The molecule has 7 heteroatoms. The minimum Gasteiger partial charge on any atom is -0.305 e. The zero-order valence-electron chi connectivity index (χ0n) is 11.7. The van der Waals surface area contributed by atoms with Crippen molar-refractivity contribution in [3.8, 4) is 11.3 Å². The van der Waals surface area contributed by atoms with E-state index in [1.807, 2.05) is 0 Å². The molecule has 0 bridgehead atoms. The molecule has 0 radical (unpaired) electrons. The van der Waals surface area contributed by atoms with E-state index in [-0.39, 0.29) is 11.6 Å². The zero-order chi connectivity index (χ0) is 16.2. The molecule has 1 aromatic carbocycles. The summed E-state index contributed by atoms with van der Waals surface area (Å²) in [7, 11) is 0. The summed E-state index contributed by atoms with van der Waals surface area (Å²) in [4.78, 5) is 24.4. The van der Waals surface area contributed by atoms with Crippen LogP contribution in [-0.2, 0) is 0 Å². The molecule has 2 heterocycles. The van der Waals surface area contributed by atoms with Gasteiger partial charge in [-0.3, -0.25) is 4.79 Å². The SMILES string of the molecule is O=C(Nc1ccccn1)c1cc(-c2ccc(Cl)c(Cl)c2)ncn1. The van der Waals surface area contributed by atoms with E-state index in [0.717, 1.165) is 5.56 Å². The summed E-state index contributed by atoms with van der Waals surface area (Å²) in [5.41, 5.74) is 1.55. The molecule has 3 rings (SSSR count). The van der Waals surface area contributed by atoms with Crippen LogP contribution in [0, 0.1) is 0 Å². The molecule has 0 fully saturated rings. The van der Waals surface area contributed by atoms with Gasteiger partial charge in [0.15, 0.2) is 0 Å². The van der Waals surface area contributed by atoms with Crippen LogP contribution in [0.1, 0.15) is 10.5 Å². The van der Waals surface area contributed by atoms with E-state index in [9.17, 15) is 4.79 Å². The second kappa shape index (κ2) is 6.73. The Morgan fingerprint density at radius 2 is 1.83 bits per heavy atom. The van der Waals surface area contributed by atoms with Crippen molar-refractivity contribution in [1.82, 2.24) is 15.0 Å². The number of hydrogen-bond donors (Lipinski definition) is 1. The maximum Gasteiger partial charge on any atom is 0.275 e. The lowest BCUT2D eigenvalue weighted by molar-refractivity contribution is 0.102. The lowest BCUT2D eigenvalue weighted by atomic mass is 10.1. The van der Waals surface area contributed by atoms with Crippen LogP contribution in [0.5, 0.6) is 0 Å². The molecule has 0 spiro atoms. The van der Waals surface area contributed by atoms with Crippen LogP contribution in [-0.4, -0.2) is 20.9 Å². The number of nitrogens with zero attached hydrogens (tertiary/aromatic N) is 3. The molecule has 23 heavy (non-hydrogen) atoms. The number of halogens is 2. The zero-order valence-corrected chi connectivity index (χ0v) is 13.2. The van der Waals surface area contributed by atoms with Crippen molar-refractivity contribution >= 4 is 34.9 Å². The number of carbonyl (C=O) groups excluding carboxylic acids is 1. The maximum atomic E-state index is 12.2. The van der Waals surface area contributed by atoms with Gasteiger partial charge in [-0.2, -0.15) is 0 Å². The Balaban J connectivity index is 1.87. The van der Waals surface area contributed by atoms with Crippen molar-refractivity contribution in [3.05, 3.63) is 70.7 Å². The van der Waals surface area contributed by atoms with Crippen molar-refractivity contribution in [3.63, 3.8) is 0 Å². The van der Waals surface area contributed by atoms with Crippen LogP contribution < -0.4 is 5.32 Å². The molecule has 5 nitrogen and oxygen atoms in total. The predicted molar refractivity (Wildman–Crippen MR) is 89.7 cm³/mol. The smallest absolute Gasteiger partial charge is 0.275 e. The fourth-order valence-corrected chi connectivity index (χ4v) is 2.21. The van der Waals surface area contributed by atoms with Gasteiger partial charge in [0, 0.05) is 11.8 Å². The summed E-state index contributed by atoms with van der Waals surface area (Å²) in [6, 6.07) is 12.0. The molecule has 0 aliphatic heterocycles. The average molecular weight is 345 g/mol. The highest BCUT2D eigenvalue weighted by Gasteiger charge is 2.11. The third-order valence-corrected chi connectivity index (χ3v) is 3.76. The van der Waals surface area contributed by atoms with E-state index in [1.54, 1.807) is 48.7 Å². The van der Waals surface area contributed by atoms with Crippen molar-refractivity contribution in [2.24, 2.45) is 0 Å². The normalized spacial score (nSPS) is 10.3. The van der Waals surface area contributed by atoms with E-state index >= 15 is 0 Å². The first-order chi connectivity index (χ1) is 11.1. The molecule has 0 unspecified atom stereocenters. The van der Waals surface area contributed by atoms with E-state index in [0.29, 0.717) is 21.6 Å². The Morgan fingerprint density at radius 3 is 2.57 bits per heavy atom. The largest absolute Gasteiger partial charge is 0.305 e. The van der Waals surface area contributed by atoms with E-state index < -0.39 is 0 Å². The highest BCUT2D eigenvalue weighted by atomic mass is 35.5. The van der Waals surface area contributed by atoms with Gasteiger partial charge >= 0.3 is 0 Å². The number of benzene rings is 1. The summed E-state index contributed by atoms with van der Waals surface area (Å²) in [5, 5.41) is 3.54. The number of pyridine rings is 1. The molecule has 0 atom stereocenters. The molecule has 1 N–H and O–H groups in total. The fraction of sp³-hybridized carbons (Fsp3) is 0. The number of rotatable bonds is 3. The summed E-state index contributed by atoms with van der Waals surface area (Å²) in [5.74, 6) is 0.0830. The van der Waals surface area contributed by atoms with Gasteiger partial charge in [-0.15, -0.1) is 0 Å². The lowest BCUT2D eigenvalue weighted by Crippen LogP contribution is -2.14. The van der Waals surface area contributed by atoms with Crippen LogP contribution in [0.3, 0.4) is 0 Å². The molecule has 3 aromatic rings. The van der Waals surface area contributed by atoms with Crippen LogP contribution in [0.25, 0.3) is 11.3 Å². The van der Waals surface area contributed by atoms with Crippen molar-refractivity contribution in [1.29, 1.82) is 0 Å². The van der Waals surface area contributed by atoms with Crippen molar-refractivity contribution in [2.75, 3.05) is 5.32 Å². The molecule has 0 aliphatic rings. The number of nitrogens with one attached hydrogen (secondary N) is 1. The van der Waals surface area contributed by atoms with E-state index in [1.165, 1.54) is 6.33 Å². The first-order valence-electron chi connectivity index (χ1n) is 6.63. The van der Waals surface area contributed by atoms with Gasteiger partial charge < -0.3 is 5.32 Å². The number of carbonyl (C=O) groups is 1. The third kappa shape index (κ3) is 3.64. The monoisotopic (exact) mass is 344 g/mol. The third-order valence-electron chi connectivity index (χ3n) is 3.02. The van der Waals surface area contributed by atoms with Gasteiger partial charge in [-0.05, 0) is 30.3 Å². The van der Waals surface area contributed by atoms with E-state index in [2.05, 4.69) is 20.3 Å². The number of anilines is 1. The topological polar surface area (TPSA) is 67.8 Å². The molecule has 1 amide bonds. The summed E-state index contributed by atoms with van der Waals surface area (Å²) >= 11 is 11.9. The standard InChI is InChI=1S/C16H10Cl2N4O/c17-11-5-4-10(7-12(11)18)13-8-14(21-9-20-13)16(23)22-15-3-1-2-6-19-15/h1-9H,(H,19,22,23). The van der Waals surface area contributed by atoms with Gasteiger partial charge in [-0.1, -0.05) is 35.3 Å². The van der Waals surface area contributed by atoms with Crippen molar-refractivity contribution in [2.45, 2.75) is 0 Å². The maximum absolute atomic E-state index is 12.2. The highest BCUT2D eigenvalue weighted by Crippen LogP contribution is 2.27. The molecular formula is C16H10Cl2N4O. The van der Waals surface area contributed by atoms with Gasteiger partial charge in [-0.25, -0.2) is 15.0 Å². The molecular weight excluding hydrogens is 335 g/mol. The summed E-state index contributed by atoms with van der Waals surface area (Å²) in [6.07, 6.45) is 2.92. The highest BCUT2D eigenvalue weighted by molar-refractivity contribution is 6.42.